The van der Waals surface area contributed by atoms with E-state index >= 15 is 0 Å². The highest BCUT2D eigenvalue weighted by atomic mass is 15.5. The molecule has 2 N–H and O–H groups in total. The van der Waals surface area contributed by atoms with Crippen LogP contribution >= 0.6 is 0 Å². The van der Waals surface area contributed by atoms with Crippen molar-refractivity contribution in [3.8, 4) is 0 Å². The van der Waals surface area contributed by atoms with E-state index in [2.05, 4.69) is 22.4 Å². The Kier molecular flexibility index (Phi) is 4.48. The summed E-state index contributed by atoms with van der Waals surface area (Å²) in [7, 11) is 0. The van der Waals surface area contributed by atoms with Gasteiger partial charge in [0.2, 0.25) is 0 Å². The Balaban J connectivity index is 2.02. The third-order valence-electron chi connectivity index (χ3n) is 3.86. The maximum atomic E-state index is 5.54. The molecule has 0 bridgehead atoms. The molecule has 0 radical (unpaired) electrons. The molecule has 2 unspecified atom stereocenters. The molecular formula is C12H23N5. The summed E-state index contributed by atoms with van der Waals surface area (Å²) in [5.74, 6) is 2.49. The minimum absolute atomic E-state index is 0.557. The quantitative estimate of drug-likeness (QED) is 0.846. The topological polar surface area (TPSA) is 69.6 Å². The lowest BCUT2D eigenvalue weighted by molar-refractivity contribution is 0.299. The van der Waals surface area contributed by atoms with Crippen LogP contribution in [0, 0.1) is 5.92 Å². The molecule has 0 amide bonds. The highest BCUT2D eigenvalue weighted by molar-refractivity contribution is 4.96. The lowest BCUT2D eigenvalue weighted by atomic mass is 9.80. The van der Waals surface area contributed by atoms with E-state index in [1.807, 2.05) is 4.68 Å². The van der Waals surface area contributed by atoms with Gasteiger partial charge in [0.1, 0.15) is 0 Å². The molecule has 5 nitrogen and oxygen atoms in total. The van der Waals surface area contributed by atoms with Crippen molar-refractivity contribution in [3.63, 3.8) is 0 Å². The molecule has 2 atom stereocenters. The largest absolute Gasteiger partial charge is 0.330 e. The maximum absolute atomic E-state index is 5.54. The Morgan fingerprint density at radius 3 is 3.06 bits per heavy atom. The lowest BCUT2D eigenvalue weighted by Gasteiger charge is -2.27. The molecule has 0 spiro atoms. The Labute approximate surface area is 103 Å². The van der Waals surface area contributed by atoms with Crippen molar-refractivity contribution in [1.29, 1.82) is 0 Å². The van der Waals surface area contributed by atoms with Gasteiger partial charge in [-0.3, -0.25) is 0 Å². The molecule has 1 aromatic rings. The molecule has 0 saturated heterocycles. The van der Waals surface area contributed by atoms with E-state index in [9.17, 15) is 0 Å². The second kappa shape index (κ2) is 6.10. The highest BCUT2D eigenvalue weighted by Gasteiger charge is 2.26. The molecule has 1 heterocycles. The van der Waals surface area contributed by atoms with Crippen LogP contribution in [-0.2, 0) is 6.54 Å². The average molecular weight is 237 g/mol. The standard InChI is InChI=1S/C12H23N5/c1-2-10-5-3-6-11(9-10)12-14-15-16-17(12)8-4-7-13/h10-11H,2-9,13H2,1H3. The van der Waals surface area contributed by atoms with E-state index in [-0.39, 0.29) is 0 Å². The summed E-state index contributed by atoms with van der Waals surface area (Å²) in [6.45, 7) is 3.83. The molecular weight excluding hydrogens is 214 g/mol. The van der Waals surface area contributed by atoms with Crippen molar-refractivity contribution >= 4 is 0 Å². The minimum atomic E-state index is 0.557. The molecule has 2 rings (SSSR count). The van der Waals surface area contributed by atoms with Gasteiger partial charge in [-0.2, -0.15) is 0 Å². The minimum Gasteiger partial charge on any atom is -0.330 e. The Hall–Kier alpha value is -0.970. The zero-order valence-electron chi connectivity index (χ0n) is 10.7. The normalized spacial score (nSPS) is 25.1. The molecule has 0 aliphatic heterocycles. The van der Waals surface area contributed by atoms with Crippen molar-refractivity contribution in [3.05, 3.63) is 5.82 Å². The highest BCUT2D eigenvalue weighted by Crippen LogP contribution is 2.36. The monoisotopic (exact) mass is 237 g/mol. The fourth-order valence-electron chi connectivity index (χ4n) is 2.80. The van der Waals surface area contributed by atoms with Gasteiger partial charge >= 0.3 is 0 Å². The van der Waals surface area contributed by atoms with Gasteiger partial charge in [0.15, 0.2) is 5.82 Å². The molecule has 1 saturated carbocycles. The van der Waals surface area contributed by atoms with Gasteiger partial charge in [0.05, 0.1) is 0 Å². The lowest BCUT2D eigenvalue weighted by Crippen LogP contribution is -2.19. The Bertz CT molecular complexity index is 335. The first-order valence-electron chi connectivity index (χ1n) is 6.81. The number of nitrogens with two attached hydrogens (primary N) is 1. The number of nitrogens with zero attached hydrogens (tertiary/aromatic N) is 4. The summed E-state index contributed by atoms with van der Waals surface area (Å²) in [4.78, 5) is 0. The van der Waals surface area contributed by atoms with Crippen LogP contribution < -0.4 is 5.73 Å². The number of hydrogen-bond acceptors (Lipinski definition) is 4. The second-order valence-electron chi connectivity index (χ2n) is 5.04. The van der Waals surface area contributed by atoms with Crippen LogP contribution in [0.3, 0.4) is 0 Å². The zero-order valence-corrected chi connectivity index (χ0v) is 10.7. The van der Waals surface area contributed by atoms with Gasteiger partial charge in [-0.25, -0.2) is 4.68 Å². The summed E-state index contributed by atoms with van der Waals surface area (Å²) in [6.07, 6.45) is 7.39. The molecule has 1 aliphatic carbocycles. The smallest absolute Gasteiger partial charge is 0.154 e. The number of tetrazole rings is 1. The van der Waals surface area contributed by atoms with E-state index in [0.29, 0.717) is 12.5 Å². The average Bonchev–Trinajstić information content (AvgIpc) is 2.84. The van der Waals surface area contributed by atoms with Crippen LogP contribution in [0.4, 0.5) is 0 Å². The fraction of sp³-hybridized carbons (Fsp3) is 0.917. The van der Waals surface area contributed by atoms with E-state index in [1.165, 1.54) is 32.1 Å². The van der Waals surface area contributed by atoms with Crippen molar-refractivity contribution in [2.45, 2.75) is 57.9 Å². The van der Waals surface area contributed by atoms with Crippen LogP contribution in [0.1, 0.15) is 57.2 Å². The Morgan fingerprint density at radius 1 is 1.41 bits per heavy atom. The van der Waals surface area contributed by atoms with Crippen LogP contribution in [0.2, 0.25) is 0 Å². The zero-order chi connectivity index (χ0) is 12.1. The van der Waals surface area contributed by atoms with Gasteiger partial charge in [0.25, 0.3) is 0 Å². The third kappa shape index (κ3) is 3.03. The van der Waals surface area contributed by atoms with E-state index < -0.39 is 0 Å². The summed E-state index contributed by atoms with van der Waals surface area (Å²) in [5.41, 5.74) is 5.54. The van der Waals surface area contributed by atoms with E-state index in [0.717, 1.165) is 24.7 Å². The molecule has 96 valence electrons. The van der Waals surface area contributed by atoms with Gasteiger partial charge in [-0.1, -0.05) is 26.2 Å². The van der Waals surface area contributed by atoms with Crippen LogP contribution in [0.5, 0.6) is 0 Å². The SMILES string of the molecule is CCC1CCCC(c2nnnn2CCCN)C1. The first kappa shape index (κ1) is 12.5. The van der Waals surface area contributed by atoms with Crippen LogP contribution in [0.15, 0.2) is 0 Å². The van der Waals surface area contributed by atoms with Gasteiger partial charge in [-0.15, -0.1) is 5.10 Å². The second-order valence-corrected chi connectivity index (χ2v) is 5.04. The van der Waals surface area contributed by atoms with Gasteiger partial charge < -0.3 is 5.73 Å². The van der Waals surface area contributed by atoms with Crippen molar-refractivity contribution < 1.29 is 0 Å². The summed E-state index contributed by atoms with van der Waals surface area (Å²) in [6, 6.07) is 0. The van der Waals surface area contributed by atoms with Crippen molar-refractivity contribution in [2.24, 2.45) is 11.7 Å². The Morgan fingerprint density at radius 2 is 2.29 bits per heavy atom. The predicted molar refractivity (Wildman–Crippen MR) is 66.5 cm³/mol. The fourth-order valence-corrected chi connectivity index (χ4v) is 2.80. The summed E-state index contributed by atoms with van der Waals surface area (Å²) >= 11 is 0. The van der Waals surface area contributed by atoms with E-state index in [4.69, 9.17) is 5.73 Å². The third-order valence-corrected chi connectivity index (χ3v) is 3.86. The number of hydrogen-bond donors (Lipinski definition) is 1. The predicted octanol–water partition coefficient (Wildman–Crippen LogP) is 1.71. The molecule has 1 aromatic heterocycles. The van der Waals surface area contributed by atoms with Gasteiger partial charge in [0, 0.05) is 12.5 Å². The molecule has 5 heteroatoms. The van der Waals surface area contributed by atoms with Crippen LogP contribution in [-0.4, -0.2) is 26.8 Å². The van der Waals surface area contributed by atoms with Crippen LogP contribution in [0.25, 0.3) is 0 Å². The first-order valence-corrected chi connectivity index (χ1v) is 6.81. The molecule has 1 fully saturated rings. The van der Waals surface area contributed by atoms with Crippen molar-refractivity contribution in [2.75, 3.05) is 6.54 Å². The maximum Gasteiger partial charge on any atom is 0.154 e. The van der Waals surface area contributed by atoms with E-state index in [1.54, 1.807) is 0 Å². The molecule has 17 heavy (non-hydrogen) atoms. The number of aromatic nitrogens is 4. The number of rotatable bonds is 5. The summed E-state index contributed by atoms with van der Waals surface area (Å²) in [5, 5.41) is 12.1. The summed E-state index contributed by atoms with van der Waals surface area (Å²) < 4.78 is 1.95. The van der Waals surface area contributed by atoms with Gasteiger partial charge in [-0.05, 0) is 42.2 Å². The molecule has 0 aromatic carbocycles. The molecule has 1 aliphatic rings. The first-order chi connectivity index (χ1) is 8.35. The number of aryl methyl sites for hydroxylation is 1. The van der Waals surface area contributed by atoms with Crippen molar-refractivity contribution in [1.82, 2.24) is 20.2 Å².